The zero-order valence-corrected chi connectivity index (χ0v) is 9.58. The second kappa shape index (κ2) is 5.70. The lowest BCUT2D eigenvalue weighted by Crippen LogP contribution is -2.19. The summed E-state index contributed by atoms with van der Waals surface area (Å²) in [6.45, 7) is 0. The summed E-state index contributed by atoms with van der Waals surface area (Å²) in [5.74, 6) is -0.455. The molecule has 2 nitrogen and oxygen atoms in total. The molecule has 1 aromatic carbocycles. The zero-order valence-electron chi connectivity index (χ0n) is 7.25. The molecule has 15 heavy (non-hydrogen) atoms. The molecule has 0 aliphatic heterocycles. The molecule has 0 fully saturated rings. The van der Waals surface area contributed by atoms with Crippen LogP contribution in [0, 0.1) is 0 Å². The number of benzene rings is 1. The minimum absolute atomic E-state index is 0. The molecule has 0 heterocycles. The number of phenols is 1. The number of halogens is 5. The van der Waals surface area contributed by atoms with E-state index < -0.39 is 18.2 Å². The topological polar surface area (TPSA) is 46.2 Å². The largest absolute Gasteiger partial charge is 0.506 e. The van der Waals surface area contributed by atoms with Gasteiger partial charge < -0.3 is 10.8 Å². The van der Waals surface area contributed by atoms with E-state index in [1.54, 1.807) is 0 Å². The van der Waals surface area contributed by atoms with Gasteiger partial charge in [0.1, 0.15) is 5.75 Å². The van der Waals surface area contributed by atoms with Gasteiger partial charge in [-0.2, -0.15) is 0 Å². The molecular weight excluding hydrogens is 270 g/mol. The van der Waals surface area contributed by atoms with Gasteiger partial charge in [0.15, 0.2) is 0 Å². The molecule has 1 rings (SSSR count). The lowest BCUT2D eigenvalue weighted by Gasteiger charge is -2.13. The van der Waals surface area contributed by atoms with E-state index in [4.69, 9.17) is 28.9 Å². The van der Waals surface area contributed by atoms with Crippen LogP contribution < -0.4 is 5.73 Å². The summed E-state index contributed by atoms with van der Waals surface area (Å²) in [4.78, 5) is 0. The number of rotatable bonds is 2. The van der Waals surface area contributed by atoms with Gasteiger partial charge in [0.25, 0.3) is 6.43 Å². The second-order valence-electron chi connectivity index (χ2n) is 2.69. The fraction of sp³-hybridized carbons (Fsp3) is 0.250. The summed E-state index contributed by atoms with van der Waals surface area (Å²) in [6, 6.07) is 0.825. The fourth-order valence-corrected chi connectivity index (χ4v) is 1.48. The molecule has 0 aromatic heterocycles. The van der Waals surface area contributed by atoms with E-state index >= 15 is 0 Å². The molecule has 0 spiro atoms. The highest BCUT2D eigenvalue weighted by Crippen LogP contribution is 2.35. The van der Waals surface area contributed by atoms with Crippen LogP contribution in [0.15, 0.2) is 12.1 Å². The predicted octanol–water partition coefficient (Wildman–Crippen LogP) is 3.39. The van der Waals surface area contributed by atoms with Crippen molar-refractivity contribution in [3.8, 4) is 5.75 Å². The summed E-state index contributed by atoms with van der Waals surface area (Å²) < 4.78 is 24.5. The molecule has 1 atom stereocenters. The van der Waals surface area contributed by atoms with Crippen LogP contribution in [-0.2, 0) is 0 Å². The summed E-state index contributed by atoms with van der Waals surface area (Å²) in [5.41, 5.74) is 4.99. The van der Waals surface area contributed by atoms with Gasteiger partial charge in [0.05, 0.1) is 11.1 Å². The van der Waals surface area contributed by atoms with Crippen LogP contribution in [-0.4, -0.2) is 11.5 Å². The van der Waals surface area contributed by atoms with Crippen molar-refractivity contribution in [1.29, 1.82) is 0 Å². The Hall–Kier alpha value is -0.290. The Kier molecular flexibility index (Phi) is 5.59. The number of nitrogens with two attached hydrogens (primary N) is 1. The van der Waals surface area contributed by atoms with E-state index in [9.17, 15) is 13.9 Å². The molecular formula is C8H8Cl3F2NO. The van der Waals surface area contributed by atoms with Gasteiger partial charge in [0, 0.05) is 10.6 Å². The molecule has 0 amide bonds. The summed E-state index contributed by atoms with van der Waals surface area (Å²) in [7, 11) is 0. The monoisotopic (exact) mass is 277 g/mol. The third-order valence-electron chi connectivity index (χ3n) is 1.69. The molecule has 0 bridgehead atoms. The van der Waals surface area contributed by atoms with Crippen LogP contribution in [0.5, 0.6) is 5.75 Å². The molecule has 0 saturated carbocycles. The van der Waals surface area contributed by atoms with Crippen LogP contribution in [0.2, 0.25) is 10.0 Å². The van der Waals surface area contributed by atoms with E-state index in [0.717, 1.165) is 0 Å². The van der Waals surface area contributed by atoms with Gasteiger partial charge in [-0.15, -0.1) is 12.4 Å². The van der Waals surface area contributed by atoms with Gasteiger partial charge in [0.2, 0.25) is 0 Å². The zero-order chi connectivity index (χ0) is 10.9. The van der Waals surface area contributed by atoms with Crippen molar-refractivity contribution in [3.05, 3.63) is 27.7 Å². The Morgan fingerprint density at radius 1 is 1.27 bits per heavy atom. The van der Waals surface area contributed by atoms with Crippen molar-refractivity contribution in [3.63, 3.8) is 0 Å². The van der Waals surface area contributed by atoms with Crippen molar-refractivity contribution in [2.75, 3.05) is 0 Å². The molecule has 0 saturated heterocycles. The van der Waals surface area contributed by atoms with Gasteiger partial charge in [-0.25, -0.2) is 8.78 Å². The van der Waals surface area contributed by atoms with Crippen molar-refractivity contribution >= 4 is 35.6 Å². The van der Waals surface area contributed by atoms with Gasteiger partial charge in [-0.1, -0.05) is 23.2 Å². The molecule has 0 radical (unpaired) electrons. The molecule has 1 aromatic rings. The Balaban J connectivity index is 0.00000196. The number of aromatic hydroxyl groups is 1. The van der Waals surface area contributed by atoms with Gasteiger partial charge in [-0.3, -0.25) is 0 Å². The lowest BCUT2D eigenvalue weighted by atomic mass is 10.1. The molecule has 3 N–H and O–H groups in total. The smallest absolute Gasteiger partial charge is 0.257 e. The molecule has 0 aliphatic rings. The Labute approximate surface area is 101 Å². The molecule has 7 heteroatoms. The van der Waals surface area contributed by atoms with E-state index in [0.29, 0.717) is 0 Å². The highest BCUT2D eigenvalue weighted by molar-refractivity contribution is 6.35. The predicted molar refractivity (Wildman–Crippen MR) is 58.3 cm³/mol. The summed E-state index contributed by atoms with van der Waals surface area (Å²) in [6.07, 6.45) is -2.78. The maximum absolute atomic E-state index is 12.2. The molecule has 0 aliphatic carbocycles. The lowest BCUT2D eigenvalue weighted by molar-refractivity contribution is 0.115. The highest BCUT2D eigenvalue weighted by Gasteiger charge is 2.22. The Morgan fingerprint density at radius 2 is 1.80 bits per heavy atom. The van der Waals surface area contributed by atoms with Gasteiger partial charge >= 0.3 is 0 Å². The van der Waals surface area contributed by atoms with Crippen LogP contribution in [0.3, 0.4) is 0 Å². The SMILES string of the molecule is Cl.N[C@H](c1cc(Cl)cc(Cl)c1O)C(F)F. The van der Waals surface area contributed by atoms with E-state index in [2.05, 4.69) is 0 Å². The third-order valence-corrected chi connectivity index (χ3v) is 2.19. The van der Waals surface area contributed by atoms with Crippen molar-refractivity contribution < 1.29 is 13.9 Å². The average molecular weight is 279 g/mol. The maximum Gasteiger partial charge on any atom is 0.257 e. The quantitative estimate of drug-likeness (QED) is 0.871. The summed E-state index contributed by atoms with van der Waals surface area (Å²) in [5, 5.41) is 9.40. The van der Waals surface area contributed by atoms with Crippen LogP contribution >= 0.6 is 35.6 Å². The number of alkyl halides is 2. The highest BCUT2D eigenvalue weighted by atomic mass is 35.5. The minimum atomic E-state index is -2.78. The first-order valence-electron chi connectivity index (χ1n) is 3.65. The Morgan fingerprint density at radius 3 is 2.27 bits per heavy atom. The van der Waals surface area contributed by atoms with Crippen molar-refractivity contribution in [2.45, 2.75) is 12.5 Å². The number of hydrogen-bond donors (Lipinski definition) is 2. The van der Waals surface area contributed by atoms with E-state index in [1.165, 1.54) is 12.1 Å². The molecule has 0 unspecified atom stereocenters. The second-order valence-corrected chi connectivity index (χ2v) is 3.53. The van der Waals surface area contributed by atoms with Crippen molar-refractivity contribution in [2.24, 2.45) is 5.73 Å². The third kappa shape index (κ3) is 3.34. The maximum atomic E-state index is 12.2. The van der Waals surface area contributed by atoms with Gasteiger partial charge in [-0.05, 0) is 12.1 Å². The van der Waals surface area contributed by atoms with Crippen LogP contribution in [0.4, 0.5) is 8.78 Å². The first kappa shape index (κ1) is 14.7. The van der Waals surface area contributed by atoms with Crippen molar-refractivity contribution in [1.82, 2.24) is 0 Å². The first-order valence-corrected chi connectivity index (χ1v) is 4.40. The van der Waals surface area contributed by atoms with E-state index in [1.807, 2.05) is 0 Å². The first-order chi connectivity index (χ1) is 6.43. The minimum Gasteiger partial charge on any atom is -0.506 e. The summed E-state index contributed by atoms with van der Waals surface area (Å²) >= 11 is 11.1. The van der Waals surface area contributed by atoms with Crippen LogP contribution in [0.25, 0.3) is 0 Å². The fourth-order valence-electron chi connectivity index (χ4n) is 0.976. The Bertz CT molecular complexity index is 349. The van der Waals surface area contributed by atoms with Crippen LogP contribution in [0.1, 0.15) is 11.6 Å². The molecule has 86 valence electrons. The van der Waals surface area contributed by atoms with E-state index in [-0.39, 0.29) is 28.0 Å². The normalized spacial score (nSPS) is 12.4. The standard InChI is InChI=1S/C8H7Cl2F2NO.ClH/c9-3-1-4(6(13)8(11)12)7(14)5(10)2-3;/h1-2,6,8,14H,13H2;1H/t6-;/m1./s1. The average Bonchev–Trinajstić information content (AvgIpc) is 2.09. The number of phenolic OH excluding ortho intramolecular Hbond substituents is 1. The number of hydrogen-bond acceptors (Lipinski definition) is 2.